The summed E-state index contributed by atoms with van der Waals surface area (Å²) in [5, 5.41) is 0. The summed E-state index contributed by atoms with van der Waals surface area (Å²) in [5.41, 5.74) is 2.50. The van der Waals surface area contributed by atoms with Crippen LogP contribution >= 0.6 is 0 Å². The van der Waals surface area contributed by atoms with E-state index in [1.165, 1.54) is 11.1 Å². The summed E-state index contributed by atoms with van der Waals surface area (Å²) in [6.45, 7) is 7.72. The molecule has 0 amide bonds. The van der Waals surface area contributed by atoms with Gasteiger partial charge < -0.3 is 9.47 Å². The van der Waals surface area contributed by atoms with Crippen LogP contribution in [0.2, 0.25) is 0 Å². The van der Waals surface area contributed by atoms with Crippen LogP contribution in [0.25, 0.3) is 0 Å². The van der Waals surface area contributed by atoms with Crippen molar-refractivity contribution >= 4 is 9.84 Å². The number of unbranched alkanes of at least 4 members (excludes halogenated alkanes) is 4. The minimum absolute atomic E-state index is 0.303. The van der Waals surface area contributed by atoms with Gasteiger partial charge in [-0.05, 0) is 64.2 Å². The van der Waals surface area contributed by atoms with Crippen LogP contribution in [-0.2, 0) is 16.3 Å². The number of hydrogen-bond donors (Lipinski definition) is 0. The summed E-state index contributed by atoms with van der Waals surface area (Å²) < 4.78 is 34.3. The quantitative estimate of drug-likeness (QED) is 0.648. The highest BCUT2D eigenvalue weighted by Gasteiger charge is 2.27. The molecule has 0 saturated carbocycles. The second-order valence-electron chi connectivity index (χ2n) is 7.53. The van der Waals surface area contributed by atoms with E-state index in [0.29, 0.717) is 12.5 Å². The van der Waals surface area contributed by atoms with Gasteiger partial charge in [0, 0.05) is 0 Å². The molecule has 0 bridgehead atoms. The third-order valence-electron chi connectivity index (χ3n) is 4.69. The maximum absolute atomic E-state index is 12.0. The first-order valence-corrected chi connectivity index (χ1v) is 10.5. The minimum Gasteiger partial charge on any atom is -0.454 e. The molecule has 136 valence electrons. The molecule has 0 N–H and O–H groups in total. The van der Waals surface area contributed by atoms with Gasteiger partial charge in [-0.15, -0.1) is 0 Å². The molecule has 4 nitrogen and oxygen atoms in total. The van der Waals surface area contributed by atoms with Gasteiger partial charge in [-0.3, -0.25) is 0 Å². The van der Waals surface area contributed by atoms with Gasteiger partial charge in [-0.2, -0.15) is 0 Å². The van der Waals surface area contributed by atoms with E-state index in [4.69, 9.17) is 9.47 Å². The Labute approximate surface area is 146 Å². The summed E-state index contributed by atoms with van der Waals surface area (Å²) in [4.78, 5) is 0. The maximum atomic E-state index is 12.0. The molecule has 1 aromatic rings. The van der Waals surface area contributed by atoms with Gasteiger partial charge in [-0.1, -0.05) is 25.3 Å². The summed E-state index contributed by atoms with van der Waals surface area (Å²) in [7, 11) is -2.97. The van der Waals surface area contributed by atoms with Crippen molar-refractivity contribution in [3.05, 3.63) is 23.3 Å². The Morgan fingerprint density at radius 2 is 1.67 bits per heavy atom. The number of rotatable bonds is 8. The second kappa shape index (κ2) is 7.77. The first kappa shape index (κ1) is 19.1. The van der Waals surface area contributed by atoms with Gasteiger partial charge in [0.25, 0.3) is 0 Å². The first-order chi connectivity index (χ1) is 11.2. The van der Waals surface area contributed by atoms with Crippen molar-refractivity contribution in [1.82, 2.24) is 0 Å². The molecule has 0 atom stereocenters. The highest BCUT2D eigenvalue weighted by molar-refractivity contribution is 7.92. The topological polar surface area (TPSA) is 52.6 Å². The molecular formula is C19H30O4S. The lowest BCUT2D eigenvalue weighted by molar-refractivity contribution is 0.173. The smallest absolute Gasteiger partial charge is 0.231 e. The van der Waals surface area contributed by atoms with Gasteiger partial charge in [0.15, 0.2) is 21.3 Å². The molecule has 1 aliphatic heterocycles. The van der Waals surface area contributed by atoms with E-state index in [1.54, 1.807) is 20.8 Å². The lowest BCUT2D eigenvalue weighted by Crippen LogP contribution is -2.30. The normalized spacial score (nSPS) is 14.2. The number of sulfone groups is 1. The van der Waals surface area contributed by atoms with Crippen LogP contribution in [0.5, 0.6) is 11.5 Å². The van der Waals surface area contributed by atoms with Gasteiger partial charge in [0.2, 0.25) is 6.79 Å². The Bertz CT molecular complexity index is 657. The number of hydrogen-bond acceptors (Lipinski definition) is 4. The van der Waals surface area contributed by atoms with Crippen molar-refractivity contribution < 1.29 is 17.9 Å². The first-order valence-electron chi connectivity index (χ1n) is 8.83. The number of aryl methyl sites for hydroxylation is 1. The van der Waals surface area contributed by atoms with Gasteiger partial charge in [0.1, 0.15) is 0 Å². The van der Waals surface area contributed by atoms with E-state index in [1.807, 2.05) is 6.07 Å². The fourth-order valence-corrected chi connectivity index (χ4v) is 4.06. The Hall–Kier alpha value is -1.23. The van der Waals surface area contributed by atoms with Crippen LogP contribution in [0.4, 0.5) is 0 Å². The molecule has 1 aromatic carbocycles. The second-order valence-corrected chi connectivity index (χ2v) is 10.4. The molecule has 1 heterocycles. The van der Waals surface area contributed by atoms with Crippen molar-refractivity contribution in [2.24, 2.45) is 0 Å². The number of benzene rings is 1. The molecule has 0 fully saturated rings. The van der Waals surface area contributed by atoms with Crippen LogP contribution in [0.15, 0.2) is 12.1 Å². The van der Waals surface area contributed by atoms with E-state index in [0.717, 1.165) is 50.0 Å². The van der Waals surface area contributed by atoms with E-state index >= 15 is 0 Å². The minimum atomic E-state index is -2.97. The van der Waals surface area contributed by atoms with Crippen molar-refractivity contribution in [1.29, 1.82) is 0 Å². The van der Waals surface area contributed by atoms with Crippen LogP contribution in [0, 0.1) is 6.92 Å². The zero-order valence-corrected chi connectivity index (χ0v) is 16.2. The lowest BCUT2D eigenvalue weighted by atomic mass is 10.0. The van der Waals surface area contributed by atoms with Crippen molar-refractivity contribution in [3.8, 4) is 11.5 Å². The Kier molecular flexibility index (Phi) is 6.18. The highest BCUT2D eigenvalue weighted by Crippen LogP contribution is 2.37. The molecule has 0 aromatic heterocycles. The molecule has 2 rings (SSSR count). The average molecular weight is 355 g/mol. The van der Waals surface area contributed by atoms with Crippen LogP contribution in [0.3, 0.4) is 0 Å². The number of fused-ring (bicyclic) bond motifs is 1. The predicted octanol–water partition coefficient (Wildman–Crippen LogP) is 4.43. The van der Waals surface area contributed by atoms with Crippen molar-refractivity contribution in [2.75, 3.05) is 12.5 Å². The Balaban J connectivity index is 1.66. The van der Waals surface area contributed by atoms with Crippen LogP contribution in [-0.4, -0.2) is 25.7 Å². The molecule has 0 spiro atoms. The van der Waals surface area contributed by atoms with Crippen LogP contribution in [0.1, 0.15) is 64.0 Å². The molecule has 1 aliphatic rings. The molecule has 0 unspecified atom stereocenters. The van der Waals surface area contributed by atoms with E-state index in [9.17, 15) is 8.42 Å². The zero-order valence-electron chi connectivity index (χ0n) is 15.4. The Morgan fingerprint density at radius 3 is 2.38 bits per heavy atom. The molecule has 0 radical (unpaired) electrons. The monoisotopic (exact) mass is 354 g/mol. The Morgan fingerprint density at radius 1 is 1.00 bits per heavy atom. The number of ether oxygens (including phenoxy) is 2. The SMILES string of the molecule is Cc1c(CCCCCCCS(=O)(=O)C(C)(C)C)ccc2c1OCO2. The third-order valence-corrected chi connectivity index (χ3v) is 7.38. The van der Waals surface area contributed by atoms with E-state index < -0.39 is 14.6 Å². The zero-order chi connectivity index (χ0) is 17.8. The fraction of sp³-hybridized carbons (Fsp3) is 0.684. The van der Waals surface area contributed by atoms with Crippen LogP contribution < -0.4 is 9.47 Å². The summed E-state index contributed by atoms with van der Waals surface area (Å²) in [5.74, 6) is 2.04. The summed E-state index contributed by atoms with van der Waals surface area (Å²) >= 11 is 0. The average Bonchev–Trinajstić information content (AvgIpc) is 2.96. The van der Waals surface area contributed by atoms with Crippen molar-refractivity contribution in [2.45, 2.75) is 71.0 Å². The third kappa shape index (κ3) is 4.65. The van der Waals surface area contributed by atoms with Gasteiger partial charge in [-0.25, -0.2) is 8.42 Å². The highest BCUT2D eigenvalue weighted by atomic mass is 32.2. The lowest BCUT2D eigenvalue weighted by Gasteiger charge is -2.18. The van der Waals surface area contributed by atoms with Crippen molar-refractivity contribution in [3.63, 3.8) is 0 Å². The molecule has 0 saturated heterocycles. The maximum Gasteiger partial charge on any atom is 0.231 e. The van der Waals surface area contributed by atoms with E-state index in [2.05, 4.69) is 13.0 Å². The summed E-state index contributed by atoms with van der Waals surface area (Å²) in [6, 6.07) is 4.11. The van der Waals surface area contributed by atoms with E-state index in [-0.39, 0.29) is 0 Å². The molecular weight excluding hydrogens is 324 g/mol. The fourth-order valence-electron chi connectivity index (χ4n) is 2.87. The predicted molar refractivity (Wildman–Crippen MR) is 97.6 cm³/mol. The van der Waals surface area contributed by atoms with Gasteiger partial charge in [0.05, 0.1) is 10.5 Å². The van der Waals surface area contributed by atoms with Gasteiger partial charge >= 0.3 is 0 Å². The molecule has 5 heteroatoms. The standard InChI is InChI=1S/C19H30O4S/c1-15-16(11-12-17-18(15)23-14-22-17)10-8-6-5-7-9-13-24(20,21)19(2,3)4/h11-12H,5-10,13-14H2,1-4H3. The summed E-state index contributed by atoms with van der Waals surface area (Å²) in [6.07, 6.45) is 6.11. The largest absolute Gasteiger partial charge is 0.454 e. The molecule has 0 aliphatic carbocycles. The molecule has 24 heavy (non-hydrogen) atoms.